The van der Waals surface area contributed by atoms with Gasteiger partial charge in [-0.2, -0.15) is 61.1 Å². The van der Waals surface area contributed by atoms with E-state index in [1.165, 1.54) is 12.1 Å². The fraction of sp³-hybridized carbons (Fsp3) is 0.583. The molecule has 2 unspecified atom stereocenters. The highest BCUT2D eigenvalue weighted by atomic mass is 32.3. The molecule has 1 N–H and O–H groups in total. The van der Waals surface area contributed by atoms with Gasteiger partial charge >= 0.3 is 44.4 Å². The number of ether oxygens (including phenoxy) is 2. The Labute approximate surface area is 362 Å². The van der Waals surface area contributed by atoms with Crippen LogP contribution in [0, 0.1) is 10.8 Å². The van der Waals surface area contributed by atoms with Gasteiger partial charge in [-0.25, -0.2) is 21.6 Å². The minimum absolute atomic E-state index is 0.145. The quantitative estimate of drug-likeness (QED) is 0.0725. The number of benzene rings is 2. The molecule has 0 amide bonds. The largest absolute Gasteiger partial charge is 0.510 e. The predicted molar refractivity (Wildman–Crippen MR) is 207 cm³/mol. The van der Waals surface area contributed by atoms with Gasteiger partial charge in [0.05, 0.1) is 0 Å². The first-order chi connectivity index (χ1) is 28.4. The van der Waals surface area contributed by atoms with E-state index >= 15 is 0 Å². The number of sulfonamides is 2. The van der Waals surface area contributed by atoms with E-state index in [4.69, 9.17) is 14.9 Å². The molecule has 0 aliphatic carbocycles. The number of hydrogen-bond donors (Lipinski definition) is 1. The molecule has 0 aliphatic rings. The summed E-state index contributed by atoms with van der Waals surface area (Å²) in [7, 11) is -22.7. The molecule has 0 radical (unpaired) electrons. The Morgan fingerprint density at radius 1 is 0.688 bits per heavy atom. The van der Waals surface area contributed by atoms with Gasteiger partial charge in [-0.15, -0.1) is 0 Å². The third-order valence-corrected chi connectivity index (χ3v) is 13.2. The normalized spacial score (nSPS) is 15.0. The molecule has 0 saturated carbocycles. The first-order valence-corrected chi connectivity index (χ1v) is 22.1. The lowest BCUT2D eigenvalue weighted by molar-refractivity contribution is -0.264. The van der Waals surface area contributed by atoms with Crippen LogP contribution < -0.4 is 4.18 Å². The van der Waals surface area contributed by atoms with Crippen molar-refractivity contribution in [1.82, 2.24) is 0 Å². The van der Waals surface area contributed by atoms with E-state index in [1.807, 2.05) is 13.8 Å². The van der Waals surface area contributed by atoms with E-state index in [0.29, 0.717) is 22.7 Å². The second-order valence-electron chi connectivity index (χ2n) is 15.1. The van der Waals surface area contributed by atoms with E-state index in [2.05, 4.69) is 10.9 Å². The summed E-state index contributed by atoms with van der Waals surface area (Å²) >= 11 is 0. The maximum atomic E-state index is 14.1. The Hall–Kier alpha value is -4.18. The molecular weight excluding hydrogens is 961 g/mol. The van der Waals surface area contributed by atoms with E-state index in [9.17, 15) is 87.5 Å². The lowest BCUT2D eigenvalue weighted by atomic mass is 9.82. The molecule has 2 aromatic carbocycles. The van der Waals surface area contributed by atoms with Crippen LogP contribution >= 0.6 is 0 Å². The van der Waals surface area contributed by atoms with E-state index in [-0.39, 0.29) is 29.2 Å². The number of alkyl halides is 12. The van der Waals surface area contributed by atoms with Crippen LogP contribution in [0.2, 0.25) is 0 Å². The fourth-order valence-corrected chi connectivity index (χ4v) is 7.43. The van der Waals surface area contributed by atoms with Crippen LogP contribution in [0.1, 0.15) is 97.8 Å². The minimum atomic E-state index is -8.00. The minimum Gasteiger partial charge on any atom is -0.429 e. The van der Waals surface area contributed by atoms with Gasteiger partial charge in [-0.3, -0.25) is 4.79 Å². The number of hydrogen-bond acceptors (Lipinski definition) is 12. The van der Waals surface area contributed by atoms with Crippen molar-refractivity contribution in [2.75, 3.05) is 0 Å². The third-order valence-electron chi connectivity index (χ3n) is 8.85. The predicted octanol–water partition coefficient (Wildman–Crippen LogP) is 10.5. The molecule has 0 heterocycles. The summed E-state index contributed by atoms with van der Waals surface area (Å²) in [6.07, 6.45) is -5.08. The molecule has 2 atom stereocenters. The maximum absolute atomic E-state index is 14.1. The second kappa shape index (κ2) is 20.6. The van der Waals surface area contributed by atoms with Crippen molar-refractivity contribution in [2.24, 2.45) is 5.41 Å². The third kappa shape index (κ3) is 13.9. The molecule has 0 aromatic heterocycles. The molecule has 0 bridgehead atoms. The van der Waals surface area contributed by atoms with Crippen LogP contribution in [0.3, 0.4) is 0 Å². The van der Waals surface area contributed by atoms with E-state index in [0.717, 1.165) is 31.0 Å². The highest BCUT2D eigenvalue weighted by molar-refractivity contribution is 8.13. The second-order valence-corrected chi connectivity index (χ2v) is 20.2. The first kappa shape index (κ1) is 59.8. The SMILES string of the molecule is C=N.CCC(C)(C)C(=O)Cc1ccc(OS(=O)(=O)C(F)(F)C(F)(F)C(F)(F)S(=O)(=O)[N-]S(=O)(=O)C(F)(F)F)cc1.CCC(C)c1ccc(C(C)(OC(=O)OC(C)(C)C)C(F)(F)F)cc1. The Morgan fingerprint density at radius 3 is 1.52 bits per heavy atom. The Bertz CT molecular complexity index is 2250. The van der Waals surface area contributed by atoms with Crippen molar-refractivity contribution >= 4 is 48.8 Å². The van der Waals surface area contributed by atoms with Gasteiger partial charge in [0.15, 0.2) is 20.0 Å². The van der Waals surface area contributed by atoms with Crippen molar-refractivity contribution in [3.63, 3.8) is 0 Å². The summed E-state index contributed by atoms with van der Waals surface area (Å²) in [4.78, 5) is 24.0. The van der Waals surface area contributed by atoms with Gasteiger partial charge < -0.3 is 23.2 Å². The van der Waals surface area contributed by atoms with Crippen LogP contribution in [0.4, 0.5) is 57.5 Å². The van der Waals surface area contributed by atoms with Crippen LogP contribution in [0.5, 0.6) is 5.75 Å². The molecule has 0 fully saturated rings. The van der Waals surface area contributed by atoms with Gasteiger partial charge in [-0.05, 0) is 76.4 Å². The summed E-state index contributed by atoms with van der Waals surface area (Å²) in [5, 5.41) is -9.21. The van der Waals surface area contributed by atoms with Gasteiger partial charge in [0.2, 0.25) is 5.60 Å². The highest BCUT2D eigenvalue weighted by Gasteiger charge is 2.81. The number of nitrogens with one attached hydrogen (secondary N) is 1. The fourth-order valence-electron chi connectivity index (χ4n) is 4.25. The molecule has 0 saturated heterocycles. The number of Topliss-reactive ketones (excluding diaryl/α,β-unsaturated/α-hetero) is 1. The Balaban J connectivity index is 0.00000131. The van der Waals surface area contributed by atoms with Gasteiger partial charge in [-0.1, -0.05) is 71.0 Å². The van der Waals surface area contributed by atoms with Crippen LogP contribution in [0.15, 0.2) is 48.5 Å². The summed E-state index contributed by atoms with van der Waals surface area (Å²) in [5.74, 6) is -8.90. The zero-order valence-corrected chi connectivity index (χ0v) is 37.7. The van der Waals surface area contributed by atoms with E-state index < -0.39 is 86.8 Å². The van der Waals surface area contributed by atoms with Crippen molar-refractivity contribution in [3.05, 3.63) is 69.3 Å². The standard InChI is InChI=1S/C18H25F3O3.C17H17F9NO8S3.CH3N/c1-7-12(2)13-8-10-14(11-9-13)17(6,18(19,20)21)24-15(22)23-16(3,4)5;1-4-13(2,3)12(28)9-10-5-7-11(8-6-10)35-38(33,34)16(22,23)14(18,19)15(20,21)36(29,30)27-37(31,32)17(24,25)26;1-2/h8-12H,7H2,1-6H3;5-8H,4,9H2,1-3H3;2H,1H2/q;-1;. The van der Waals surface area contributed by atoms with Crippen molar-refractivity contribution in [3.8, 4) is 5.75 Å². The van der Waals surface area contributed by atoms with Crippen LogP contribution in [-0.2, 0) is 56.5 Å². The van der Waals surface area contributed by atoms with Gasteiger partial charge in [0, 0.05) is 17.4 Å². The monoisotopic (exact) mass is 1010 g/mol. The van der Waals surface area contributed by atoms with Crippen LogP contribution in [0.25, 0.3) is 4.13 Å². The molecule has 13 nitrogen and oxygen atoms in total. The Morgan fingerprint density at radius 2 is 1.14 bits per heavy atom. The van der Waals surface area contributed by atoms with Crippen molar-refractivity contribution < 1.29 is 101 Å². The van der Waals surface area contributed by atoms with Gasteiger partial charge in [0.25, 0.3) is 0 Å². The number of carbonyl (C=O) groups is 2. The number of carbonyl (C=O) groups excluding carboxylic acids is 2. The summed E-state index contributed by atoms with van der Waals surface area (Å²) in [6.45, 7) is 16.9. The zero-order chi connectivity index (χ0) is 51.1. The topological polar surface area (TPSA) is 202 Å². The maximum Gasteiger partial charge on any atom is 0.510 e. The number of rotatable bonds is 16. The molecule has 64 heavy (non-hydrogen) atoms. The van der Waals surface area contributed by atoms with Crippen LogP contribution in [-0.4, -0.2) is 77.6 Å². The molecule has 28 heteroatoms. The summed E-state index contributed by atoms with van der Waals surface area (Å²) < 4.78 is 243. The number of nitrogens with zero attached hydrogens (tertiary/aromatic N) is 1. The average Bonchev–Trinajstić information content (AvgIpc) is 3.13. The molecule has 0 aliphatic heterocycles. The zero-order valence-electron chi connectivity index (χ0n) is 35.2. The molecule has 368 valence electrons. The molecule has 2 aromatic rings. The average molecular weight is 1010 g/mol. The lowest BCUT2D eigenvalue weighted by Crippen LogP contribution is -2.61. The summed E-state index contributed by atoms with van der Waals surface area (Å²) in [6, 6.07) is 8.90. The van der Waals surface area contributed by atoms with E-state index in [1.54, 1.807) is 53.7 Å². The Kier molecular flexibility index (Phi) is 19.2. The number of halogens is 12. The van der Waals surface area contributed by atoms with Gasteiger partial charge in [0.1, 0.15) is 17.1 Å². The first-order valence-electron chi connectivity index (χ1n) is 17.8. The smallest absolute Gasteiger partial charge is 0.429 e. The lowest BCUT2D eigenvalue weighted by Gasteiger charge is -2.35. The highest BCUT2D eigenvalue weighted by Crippen LogP contribution is 2.53. The molecule has 0 spiro atoms. The molecule has 2 rings (SSSR count). The van der Waals surface area contributed by atoms with Crippen molar-refractivity contribution in [2.45, 2.75) is 127 Å². The number of ketones is 1. The van der Waals surface area contributed by atoms with Crippen molar-refractivity contribution in [1.29, 1.82) is 5.41 Å². The summed E-state index contributed by atoms with van der Waals surface area (Å²) in [5.41, 5.74) is -10.3. The molecular formula is C36H45F12N2O11S3-.